The first-order chi connectivity index (χ1) is 11.7. The molecule has 6 nitrogen and oxygen atoms in total. The number of nitrogens with one attached hydrogen (secondary N) is 2. The highest BCUT2D eigenvalue weighted by atomic mass is 16.5. The Morgan fingerprint density at radius 1 is 1.08 bits per heavy atom. The number of hydrogen-bond acceptors (Lipinski definition) is 5. The molecule has 1 amide bonds. The zero-order chi connectivity index (χ0) is 17.4. The number of hydrogen-bond donors (Lipinski definition) is 2. The maximum atomic E-state index is 12.1. The second-order valence-electron chi connectivity index (χ2n) is 6.03. The SMILES string of the molecule is COc1cc(OC)c(OC)cc1CNC(=O)CCC1CCNCC1. The van der Waals surface area contributed by atoms with E-state index in [1.165, 1.54) is 0 Å². The van der Waals surface area contributed by atoms with Crippen molar-refractivity contribution in [2.24, 2.45) is 5.92 Å². The van der Waals surface area contributed by atoms with E-state index in [2.05, 4.69) is 10.6 Å². The van der Waals surface area contributed by atoms with Gasteiger partial charge < -0.3 is 24.8 Å². The van der Waals surface area contributed by atoms with Crippen molar-refractivity contribution in [2.75, 3.05) is 34.4 Å². The number of rotatable bonds is 8. The van der Waals surface area contributed by atoms with Crippen LogP contribution in [0.3, 0.4) is 0 Å². The lowest BCUT2D eigenvalue weighted by atomic mass is 9.93. The van der Waals surface area contributed by atoms with Gasteiger partial charge in [0.15, 0.2) is 11.5 Å². The van der Waals surface area contributed by atoms with Gasteiger partial charge in [0.1, 0.15) is 5.75 Å². The first-order valence-corrected chi connectivity index (χ1v) is 8.44. The first kappa shape index (κ1) is 18.4. The summed E-state index contributed by atoms with van der Waals surface area (Å²) in [5.41, 5.74) is 0.866. The number of benzene rings is 1. The maximum Gasteiger partial charge on any atom is 0.220 e. The molecule has 6 heteroatoms. The van der Waals surface area contributed by atoms with E-state index in [4.69, 9.17) is 14.2 Å². The molecular formula is C18H28N2O4. The molecule has 0 spiro atoms. The van der Waals surface area contributed by atoms with E-state index >= 15 is 0 Å². The molecule has 2 N–H and O–H groups in total. The van der Waals surface area contributed by atoms with Crippen LogP contribution in [0.2, 0.25) is 0 Å². The van der Waals surface area contributed by atoms with Gasteiger partial charge in [-0.25, -0.2) is 0 Å². The van der Waals surface area contributed by atoms with E-state index < -0.39 is 0 Å². The zero-order valence-electron chi connectivity index (χ0n) is 14.8. The number of carbonyl (C=O) groups is 1. The van der Waals surface area contributed by atoms with Crippen LogP contribution >= 0.6 is 0 Å². The van der Waals surface area contributed by atoms with E-state index in [9.17, 15) is 4.79 Å². The summed E-state index contributed by atoms with van der Waals surface area (Å²) in [5.74, 6) is 2.64. The van der Waals surface area contributed by atoms with Gasteiger partial charge in [0.05, 0.1) is 21.3 Å². The van der Waals surface area contributed by atoms with Crippen molar-refractivity contribution >= 4 is 5.91 Å². The smallest absolute Gasteiger partial charge is 0.220 e. The molecule has 0 bridgehead atoms. The lowest BCUT2D eigenvalue weighted by Crippen LogP contribution is -2.29. The monoisotopic (exact) mass is 336 g/mol. The van der Waals surface area contributed by atoms with Gasteiger partial charge >= 0.3 is 0 Å². The van der Waals surface area contributed by atoms with Gasteiger partial charge in [-0.3, -0.25) is 4.79 Å². The number of ether oxygens (including phenoxy) is 3. The molecule has 2 rings (SSSR count). The highest BCUT2D eigenvalue weighted by Crippen LogP contribution is 2.34. The third kappa shape index (κ3) is 5.03. The Hall–Kier alpha value is -1.95. The van der Waals surface area contributed by atoms with Crippen molar-refractivity contribution in [1.29, 1.82) is 0 Å². The predicted octanol–water partition coefficient (Wildman–Crippen LogP) is 2.11. The molecule has 0 radical (unpaired) electrons. The predicted molar refractivity (Wildman–Crippen MR) is 92.8 cm³/mol. The topological polar surface area (TPSA) is 68.8 Å². The molecule has 1 aromatic rings. The standard InChI is InChI=1S/C18H28N2O4/c1-22-15-11-17(24-3)16(23-2)10-14(15)12-20-18(21)5-4-13-6-8-19-9-7-13/h10-11,13,19H,4-9,12H2,1-3H3,(H,20,21). The van der Waals surface area contributed by atoms with Crippen molar-refractivity contribution in [3.63, 3.8) is 0 Å². The Bertz CT molecular complexity index is 542. The van der Waals surface area contributed by atoms with E-state index in [0.29, 0.717) is 36.1 Å². The average molecular weight is 336 g/mol. The number of piperidine rings is 1. The lowest BCUT2D eigenvalue weighted by Gasteiger charge is -2.22. The van der Waals surface area contributed by atoms with E-state index in [1.807, 2.05) is 6.07 Å². The van der Waals surface area contributed by atoms with E-state index in [0.717, 1.165) is 37.9 Å². The van der Waals surface area contributed by atoms with Crippen LogP contribution in [0.15, 0.2) is 12.1 Å². The molecule has 1 saturated heterocycles. The summed E-state index contributed by atoms with van der Waals surface area (Å²) in [5, 5.41) is 6.32. The Morgan fingerprint density at radius 2 is 1.71 bits per heavy atom. The summed E-state index contributed by atoms with van der Waals surface area (Å²) in [6.45, 7) is 2.54. The van der Waals surface area contributed by atoms with Crippen molar-refractivity contribution in [3.8, 4) is 17.2 Å². The second kappa shape index (κ2) is 9.37. The van der Waals surface area contributed by atoms with Crippen molar-refractivity contribution in [2.45, 2.75) is 32.2 Å². The lowest BCUT2D eigenvalue weighted by molar-refractivity contribution is -0.121. The van der Waals surface area contributed by atoms with Crippen LogP contribution in [0, 0.1) is 5.92 Å². The van der Waals surface area contributed by atoms with Gasteiger partial charge in [-0.1, -0.05) is 0 Å². The highest BCUT2D eigenvalue weighted by Gasteiger charge is 2.16. The molecule has 1 aliphatic heterocycles. The maximum absolute atomic E-state index is 12.1. The molecule has 1 aromatic carbocycles. The fourth-order valence-electron chi connectivity index (χ4n) is 3.02. The molecule has 0 saturated carbocycles. The largest absolute Gasteiger partial charge is 0.496 e. The van der Waals surface area contributed by atoms with Gasteiger partial charge in [0, 0.05) is 24.6 Å². The fraction of sp³-hybridized carbons (Fsp3) is 0.611. The number of amides is 1. The molecule has 24 heavy (non-hydrogen) atoms. The van der Waals surface area contributed by atoms with Gasteiger partial charge in [0.2, 0.25) is 5.91 Å². The summed E-state index contributed by atoms with van der Waals surface area (Å²) in [4.78, 5) is 12.1. The number of methoxy groups -OCH3 is 3. The summed E-state index contributed by atoms with van der Waals surface area (Å²) in [6.07, 6.45) is 3.85. The summed E-state index contributed by atoms with van der Waals surface area (Å²) in [6, 6.07) is 3.61. The van der Waals surface area contributed by atoms with Crippen LogP contribution in [0.25, 0.3) is 0 Å². The van der Waals surface area contributed by atoms with Gasteiger partial charge in [-0.05, 0) is 44.3 Å². The zero-order valence-corrected chi connectivity index (χ0v) is 14.8. The molecule has 0 aliphatic carbocycles. The van der Waals surface area contributed by atoms with Gasteiger partial charge in [-0.2, -0.15) is 0 Å². The Balaban J connectivity index is 1.89. The minimum Gasteiger partial charge on any atom is -0.496 e. The van der Waals surface area contributed by atoms with Gasteiger partial charge in [-0.15, -0.1) is 0 Å². The second-order valence-corrected chi connectivity index (χ2v) is 6.03. The molecule has 134 valence electrons. The highest BCUT2D eigenvalue weighted by molar-refractivity contribution is 5.76. The van der Waals surface area contributed by atoms with Crippen molar-refractivity contribution < 1.29 is 19.0 Å². The minimum absolute atomic E-state index is 0.0744. The van der Waals surface area contributed by atoms with Crippen LogP contribution in [0.1, 0.15) is 31.2 Å². The van der Waals surface area contributed by atoms with Crippen LogP contribution in [0.5, 0.6) is 17.2 Å². The summed E-state index contributed by atoms with van der Waals surface area (Å²) < 4.78 is 16.0. The normalized spacial score (nSPS) is 15.0. The summed E-state index contributed by atoms with van der Waals surface area (Å²) >= 11 is 0. The molecule has 0 aromatic heterocycles. The molecule has 1 fully saturated rings. The van der Waals surface area contributed by atoms with Crippen LogP contribution < -0.4 is 24.8 Å². The third-order valence-electron chi connectivity index (χ3n) is 4.50. The Labute approximate surface area is 143 Å². The average Bonchev–Trinajstić information content (AvgIpc) is 2.64. The number of carbonyl (C=O) groups excluding carboxylic acids is 1. The quantitative estimate of drug-likeness (QED) is 0.761. The van der Waals surface area contributed by atoms with E-state index in [1.54, 1.807) is 27.4 Å². The van der Waals surface area contributed by atoms with E-state index in [-0.39, 0.29) is 5.91 Å². The Morgan fingerprint density at radius 3 is 2.33 bits per heavy atom. The minimum atomic E-state index is 0.0744. The van der Waals surface area contributed by atoms with Crippen molar-refractivity contribution in [1.82, 2.24) is 10.6 Å². The molecule has 0 unspecified atom stereocenters. The fourth-order valence-corrected chi connectivity index (χ4v) is 3.02. The van der Waals surface area contributed by atoms with Crippen LogP contribution in [-0.4, -0.2) is 40.3 Å². The summed E-state index contributed by atoms with van der Waals surface area (Å²) in [7, 11) is 4.77. The van der Waals surface area contributed by atoms with Crippen molar-refractivity contribution in [3.05, 3.63) is 17.7 Å². The van der Waals surface area contributed by atoms with Crippen LogP contribution in [-0.2, 0) is 11.3 Å². The van der Waals surface area contributed by atoms with Crippen LogP contribution in [0.4, 0.5) is 0 Å². The molecule has 1 aliphatic rings. The third-order valence-corrected chi connectivity index (χ3v) is 4.50. The Kier molecular flexibility index (Phi) is 7.18. The van der Waals surface area contributed by atoms with Gasteiger partial charge in [0.25, 0.3) is 0 Å². The molecule has 0 atom stereocenters. The molecule has 1 heterocycles. The first-order valence-electron chi connectivity index (χ1n) is 8.44. The molecular weight excluding hydrogens is 308 g/mol.